The maximum Gasteiger partial charge on any atom is 0.0462 e. The Morgan fingerprint density at radius 1 is 1.20 bits per heavy atom. The Balaban J connectivity index is 1.83. The Hall–Kier alpha value is -0.120. The van der Waals surface area contributed by atoms with Crippen LogP contribution >= 0.6 is 0 Å². The second kappa shape index (κ2) is 7.77. The lowest BCUT2D eigenvalue weighted by Gasteiger charge is -2.48. The van der Waals surface area contributed by atoms with Crippen LogP contribution in [0.2, 0.25) is 0 Å². The molecule has 0 bridgehead atoms. The standard InChI is InChI=1S/C17H34N2O/c1-15(2)16-13-18-17(9-5-6-10-17)14-19(16)11-7-4-8-12-20-3/h15-16,18H,4-14H2,1-3H3. The van der Waals surface area contributed by atoms with Crippen molar-refractivity contribution in [2.75, 3.05) is 33.4 Å². The van der Waals surface area contributed by atoms with Crippen molar-refractivity contribution in [3.05, 3.63) is 0 Å². The molecule has 1 atom stereocenters. The highest BCUT2D eigenvalue weighted by Crippen LogP contribution is 2.34. The van der Waals surface area contributed by atoms with Gasteiger partial charge in [-0.3, -0.25) is 4.90 Å². The number of unbranched alkanes of at least 4 members (excludes halogenated alkanes) is 2. The number of hydrogen-bond donors (Lipinski definition) is 1. The number of piperazine rings is 1. The molecule has 2 fully saturated rings. The van der Waals surface area contributed by atoms with Gasteiger partial charge in [-0.1, -0.05) is 26.7 Å². The summed E-state index contributed by atoms with van der Waals surface area (Å²) < 4.78 is 5.15. The van der Waals surface area contributed by atoms with Crippen molar-refractivity contribution in [3.8, 4) is 0 Å². The van der Waals surface area contributed by atoms with E-state index >= 15 is 0 Å². The summed E-state index contributed by atoms with van der Waals surface area (Å²) in [5.41, 5.74) is 0.456. The summed E-state index contributed by atoms with van der Waals surface area (Å²) in [5.74, 6) is 0.750. The third-order valence-corrected chi connectivity index (χ3v) is 5.28. The average molecular weight is 282 g/mol. The molecule has 0 aromatic rings. The molecule has 1 saturated heterocycles. The van der Waals surface area contributed by atoms with Crippen molar-refractivity contribution in [1.82, 2.24) is 10.2 Å². The lowest BCUT2D eigenvalue weighted by atomic mass is 9.89. The highest BCUT2D eigenvalue weighted by atomic mass is 16.5. The van der Waals surface area contributed by atoms with Gasteiger partial charge in [0.15, 0.2) is 0 Å². The predicted molar refractivity (Wildman–Crippen MR) is 85.1 cm³/mol. The molecule has 1 saturated carbocycles. The van der Waals surface area contributed by atoms with Gasteiger partial charge in [0.2, 0.25) is 0 Å². The smallest absolute Gasteiger partial charge is 0.0462 e. The number of nitrogens with zero attached hydrogens (tertiary/aromatic N) is 1. The first-order valence-electron chi connectivity index (χ1n) is 8.65. The van der Waals surface area contributed by atoms with E-state index in [1.807, 2.05) is 0 Å². The monoisotopic (exact) mass is 282 g/mol. The largest absolute Gasteiger partial charge is 0.385 e. The topological polar surface area (TPSA) is 24.5 Å². The van der Waals surface area contributed by atoms with Crippen LogP contribution in [0.25, 0.3) is 0 Å². The molecule has 1 N–H and O–H groups in total. The molecular formula is C17H34N2O. The van der Waals surface area contributed by atoms with Gasteiger partial charge in [0.05, 0.1) is 0 Å². The number of nitrogens with one attached hydrogen (secondary N) is 1. The van der Waals surface area contributed by atoms with Gasteiger partial charge in [-0.05, 0) is 44.6 Å². The van der Waals surface area contributed by atoms with Gasteiger partial charge in [0.1, 0.15) is 0 Å². The van der Waals surface area contributed by atoms with E-state index in [4.69, 9.17) is 4.74 Å². The second-order valence-corrected chi connectivity index (χ2v) is 7.20. The minimum atomic E-state index is 0.456. The van der Waals surface area contributed by atoms with Crippen LogP contribution in [0.3, 0.4) is 0 Å². The third-order valence-electron chi connectivity index (χ3n) is 5.28. The maximum atomic E-state index is 5.15. The van der Waals surface area contributed by atoms with Gasteiger partial charge in [-0.25, -0.2) is 0 Å². The molecule has 3 heteroatoms. The van der Waals surface area contributed by atoms with E-state index in [9.17, 15) is 0 Å². The van der Waals surface area contributed by atoms with Gasteiger partial charge in [0.25, 0.3) is 0 Å². The average Bonchev–Trinajstić information content (AvgIpc) is 2.86. The van der Waals surface area contributed by atoms with E-state index < -0.39 is 0 Å². The summed E-state index contributed by atoms with van der Waals surface area (Å²) in [5, 5.41) is 3.90. The number of ether oxygens (including phenoxy) is 1. The third kappa shape index (κ3) is 4.19. The highest BCUT2D eigenvalue weighted by Gasteiger charge is 2.41. The molecule has 0 aromatic carbocycles. The normalized spacial score (nSPS) is 26.7. The van der Waals surface area contributed by atoms with Crippen molar-refractivity contribution in [2.45, 2.75) is 70.4 Å². The van der Waals surface area contributed by atoms with E-state index in [1.165, 1.54) is 64.6 Å². The number of rotatable bonds is 7. The molecule has 0 aromatic heterocycles. The van der Waals surface area contributed by atoms with Crippen LogP contribution in [0.5, 0.6) is 0 Å². The Bertz CT molecular complexity index is 274. The Morgan fingerprint density at radius 2 is 1.95 bits per heavy atom. The van der Waals surface area contributed by atoms with Crippen molar-refractivity contribution < 1.29 is 4.74 Å². The summed E-state index contributed by atoms with van der Waals surface area (Å²) in [6, 6.07) is 0.726. The fourth-order valence-electron chi connectivity index (χ4n) is 4.04. The first-order chi connectivity index (χ1) is 9.67. The van der Waals surface area contributed by atoms with E-state index in [-0.39, 0.29) is 0 Å². The molecule has 1 aliphatic carbocycles. The zero-order valence-electron chi connectivity index (χ0n) is 13.8. The molecular weight excluding hydrogens is 248 g/mol. The molecule has 1 aliphatic heterocycles. The van der Waals surface area contributed by atoms with Crippen LogP contribution in [0.1, 0.15) is 58.8 Å². The minimum absolute atomic E-state index is 0.456. The molecule has 0 amide bonds. The molecule has 1 spiro atoms. The van der Waals surface area contributed by atoms with Gasteiger partial charge in [-0.15, -0.1) is 0 Å². The zero-order chi connectivity index (χ0) is 14.4. The van der Waals surface area contributed by atoms with Crippen LogP contribution in [0, 0.1) is 5.92 Å². The second-order valence-electron chi connectivity index (χ2n) is 7.20. The molecule has 0 radical (unpaired) electrons. The number of hydrogen-bond acceptors (Lipinski definition) is 3. The van der Waals surface area contributed by atoms with E-state index in [0.29, 0.717) is 5.54 Å². The Morgan fingerprint density at radius 3 is 2.60 bits per heavy atom. The van der Waals surface area contributed by atoms with Crippen LogP contribution in [-0.4, -0.2) is 49.8 Å². The molecule has 2 rings (SSSR count). The fourth-order valence-corrected chi connectivity index (χ4v) is 4.04. The van der Waals surface area contributed by atoms with E-state index in [1.54, 1.807) is 7.11 Å². The van der Waals surface area contributed by atoms with Gasteiger partial charge >= 0.3 is 0 Å². The van der Waals surface area contributed by atoms with Crippen LogP contribution in [-0.2, 0) is 4.74 Å². The van der Waals surface area contributed by atoms with Gasteiger partial charge in [0, 0.05) is 38.4 Å². The first kappa shape index (κ1) is 16.3. The fraction of sp³-hybridized carbons (Fsp3) is 1.00. The predicted octanol–water partition coefficient (Wildman–Crippen LogP) is 3.05. The molecule has 2 aliphatic rings. The minimum Gasteiger partial charge on any atom is -0.385 e. The van der Waals surface area contributed by atoms with E-state index in [0.717, 1.165) is 18.6 Å². The summed E-state index contributed by atoms with van der Waals surface area (Å²) in [7, 11) is 1.80. The maximum absolute atomic E-state index is 5.15. The SMILES string of the molecule is COCCCCCN1CC2(CCCC2)NCC1C(C)C. The summed E-state index contributed by atoms with van der Waals surface area (Å²) in [6.07, 6.45) is 9.44. The summed E-state index contributed by atoms with van der Waals surface area (Å²) >= 11 is 0. The van der Waals surface area contributed by atoms with Crippen molar-refractivity contribution in [3.63, 3.8) is 0 Å². The summed E-state index contributed by atoms with van der Waals surface area (Å²) in [6.45, 7) is 9.40. The lowest BCUT2D eigenvalue weighted by Crippen LogP contribution is -2.64. The Labute approximate surface area is 125 Å². The van der Waals surface area contributed by atoms with Crippen LogP contribution in [0.4, 0.5) is 0 Å². The van der Waals surface area contributed by atoms with Gasteiger partial charge < -0.3 is 10.1 Å². The van der Waals surface area contributed by atoms with Gasteiger partial charge in [-0.2, -0.15) is 0 Å². The van der Waals surface area contributed by atoms with Crippen molar-refractivity contribution in [1.29, 1.82) is 0 Å². The first-order valence-corrected chi connectivity index (χ1v) is 8.65. The van der Waals surface area contributed by atoms with Crippen molar-refractivity contribution >= 4 is 0 Å². The number of methoxy groups -OCH3 is 1. The highest BCUT2D eigenvalue weighted by molar-refractivity contribution is 5.01. The van der Waals surface area contributed by atoms with Crippen molar-refractivity contribution in [2.24, 2.45) is 5.92 Å². The molecule has 3 nitrogen and oxygen atoms in total. The molecule has 1 heterocycles. The zero-order valence-corrected chi connectivity index (χ0v) is 13.8. The summed E-state index contributed by atoms with van der Waals surface area (Å²) in [4.78, 5) is 2.79. The molecule has 1 unspecified atom stereocenters. The van der Waals surface area contributed by atoms with Crippen LogP contribution in [0.15, 0.2) is 0 Å². The van der Waals surface area contributed by atoms with E-state index in [2.05, 4.69) is 24.1 Å². The Kier molecular flexibility index (Phi) is 6.31. The molecule has 118 valence electrons. The van der Waals surface area contributed by atoms with Crippen LogP contribution < -0.4 is 5.32 Å². The molecule has 20 heavy (non-hydrogen) atoms. The quantitative estimate of drug-likeness (QED) is 0.726. The lowest BCUT2D eigenvalue weighted by molar-refractivity contribution is 0.0551.